The van der Waals surface area contributed by atoms with E-state index < -0.39 is 0 Å². The normalized spacial score (nSPS) is 16.4. The Morgan fingerprint density at radius 2 is 2.22 bits per heavy atom. The van der Waals surface area contributed by atoms with Gasteiger partial charge in [-0.2, -0.15) is 0 Å². The summed E-state index contributed by atoms with van der Waals surface area (Å²) in [7, 11) is 0. The maximum absolute atomic E-state index is 8.78. The fourth-order valence-electron chi connectivity index (χ4n) is 2.14. The van der Waals surface area contributed by atoms with Crippen LogP contribution in [0.2, 0.25) is 0 Å². The van der Waals surface area contributed by atoms with Crippen molar-refractivity contribution in [3.8, 4) is 0 Å². The molecule has 1 aromatic heterocycles. The largest absolute Gasteiger partial charge is 0.409 e. The predicted octanol–water partition coefficient (Wildman–Crippen LogP) is 1.20. The number of aromatic nitrogens is 2. The molecular weight excluding hydrogens is 230 g/mol. The number of nitrogens with zero attached hydrogens (tertiary/aromatic N) is 4. The van der Waals surface area contributed by atoms with Crippen LogP contribution in [0.15, 0.2) is 17.5 Å². The van der Waals surface area contributed by atoms with E-state index in [1.54, 1.807) is 12.4 Å². The Kier molecular flexibility index (Phi) is 3.96. The Morgan fingerprint density at radius 3 is 2.78 bits per heavy atom. The Morgan fingerprint density at radius 1 is 1.50 bits per heavy atom. The molecule has 0 atom stereocenters. The van der Waals surface area contributed by atoms with Crippen LogP contribution in [0.3, 0.4) is 0 Å². The molecule has 0 bridgehead atoms. The predicted molar refractivity (Wildman–Crippen MR) is 69.8 cm³/mol. The smallest absolute Gasteiger partial charge is 0.192 e. The molecule has 6 heteroatoms. The summed E-state index contributed by atoms with van der Waals surface area (Å²) < 4.78 is 0. The second kappa shape index (κ2) is 5.66. The molecule has 0 spiro atoms. The summed E-state index contributed by atoms with van der Waals surface area (Å²) in [6, 6.07) is 0. The molecule has 0 saturated heterocycles. The summed E-state index contributed by atoms with van der Waals surface area (Å²) in [5.74, 6) is 1.43. The number of hydrogen-bond acceptors (Lipinski definition) is 5. The maximum Gasteiger partial charge on any atom is 0.192 e. The number of hydrogen-bond donors (Lipinski definition) is 2. The minimum atomic E-state index is 0.00478. The maximum atomic E-state index is 8.78. The van der Waals surface area contributed by atoms with Gasteiger partial charge in [-0.05, 0) is 25.7 Å². The van der Waals surface area contributed by atoms with Crippen molar-refractivity contribution in [2.75, 3.05) is 18.0 Å². The second-order valence-corrected chi connectivity index (χ2v) is 4.55. The summed E-state index contributed by atoms with van der Waals surface area (Å²) in [5, 5.41) is 11.8. The first-order valence-electron chi connectivity index (χ1n) is 6.30. The molecule has 0 unspecified atom stereocenters. The topological polar surface area (TPSA) is 87.6 Å². The molecule has 1 heterocycles. The van der Waals surface area contributed by atoms with E-state index in [0.29, 0.717) is 11.5 Å². The molecule has 18 heavy (non-hydrogen) atoms. The van der Waals surface area contributed by atoms with Crippen molar-refractivity contribution in [1.82, 2.24) is 9.97 Å². The van der Waals surface area contributed by atoms with Crippen molar-refractivity contribution in [3.63, 3.8) is 0 Å². The van der Waals surface area contributed by atoms with Gasteiger partial charge in [-0.15, -0.1) is 0 Å². The number of anilines is 1. The number of oxime groups is 1. The van der Waals surface area contributed by atoms with E-state index in [2.05, 4.69) is 26.9 Å². The van der Waals surface area contributed by atoms with E-state index in [9.17, 15) is 0 Å². The highest BCUT2D eigenvalue weighted by molar-refractivity contribution is 5.99. The van der Waals surface area contributed by atoms with Crippen LogP contribution in [0.25, 0.3) is 0 Å². The molecule has 1 aliphatic carbocycles. The summed E-state index contributed by atoms with van der Waals surface area (Å²) in [5.41, 5.74) is 6.08. The van der Waals surface area contributed by atoms with Gasteiger partial charge in [-0.1, -0.05) is 11.6 Å². The Hall–Kier alpha value is -1.85. The first-order chi connectivity index (χ1) is 8.76. The highest BCUT2D eigenvalue weighted by Gasteiger charge is 2.23. The van der Waals surface area contributed by atoms with E-state index in [4.69, 9.17) is 10.9 Å². The van der Waals surface area contributed by atoms with Crippen molar-refractivity contribution >= 4 is 11.7 Å². The van der Waals surface area contributed by atoms with Gasteiger partial charge in [0.15, 0.2) is 17.3 Å². The lowest BCUT2D eigenvalue weighted by atomic mass is 9.85. The van der Waals surface area contributed by atoms with Crippen LogP contribution in [0.5, 0.6) is 0 Å². The molecule has 3 N–H and O–H groups in total. The molecule has 0 radical (unpaired) electrons. The zero-order valence-corrected chi connectivity index (χ0v) is 10.6. The monoisotopic (exact) mass is 249 g/mol. The zero-order valence-electron chi connectivity index (χ0n) is 10.6. The van der Waals surface area contributed by atoms with Crippen molar-refractivity contribution in [1.29, 1.82) is 0 Å². The lowest BCUT2D eigenvalue weighted by Gasteiger charge is -2.32. The molecule has 0 aromatic carbocycles. The average Bonchev–Trinajstić information content (AvgIpc) is 2.37. The van der Waals surface area contributed by atoms with Crippen LogP contribution in [0.1, 0.15) is 31.9 Å². The first kappa shape index (κ1) is 12.6. The van der Waals surface area contributed by atoms with E-state index >= 15 is 0 Å². The van der Waals surface area contributed by atoms with Gasteiger partial charge in [0.1, 0.15) is 0 Å². The zero-order chi connectivity index (χ0) is 13.0. The Bertz CT molecular complexity index is 430. The lowest BCUT2D eigenvalue weighted by molar-refractivity contribution is 0.317. The van der Waals surface area contributed by atoms with Gasteiger partial charge < -0.3 is 15.8 Å². The molecule has 98 valence electrons. The molecule has 6 nitrogen and oxygen atoms in total. The van der Waals surface area contributed by atoms with Gasteiger partial charge in [0, 0.05) is 25.5 Å². The highest BCUT2D eigenvalue weighted by atomic mass is 16.4. The Balaban J connectivity index is 2.23. The minimum absolute atomic E-state index is 0.00478. The van der Waals surface area contributed by atoms with E-state index in [1.165, 1.54) is 19.3 Å². The molecule has 2 rings (SSSR count). The molecular formula is C12H19N5O. The molecule has 0 aliphatic heterocycles. The molecule has 1 aliphatic rings. The third-order valence-electron chi connectivity index (χ3n) is 3.41. The van der Waals surface area contributed by atoms with Crippen LogP contribution in [0, 0.1) is 5.92 Å². The van der Waals surface area contributed by atoms with Gasteiger partial charge in [-0.25, -0.2) is 9.97 Å². The first-order valence-corrected chi connectivity index (χ1v) is 6.30. The summed E-state index contributed by atoms with van der Waals surface area (Å²) in [6.07, 6.45) is 7.04. The summed E-state index contributed by atoms with van der Waals surface area (Å²) >= 11 is 0. The van der Waals surface area contributed by atoms with Gasteiger partial charge in [0.2, 0.25) is 0 Å². The average molecular weight is 249 g/mol. The fourth-order valence-corrected chi connectivity index (χ4v) is 2.14. The molecule has 1 fully saturated rings. The lowest BCUT2D eigenvalue weighted by Crippen LogP contribution is -2.35. The van der Waals surface area contributed by atoms with E-state index in [1.807, 2.05) is 0 Å². The molecule has 1 saturated carbocycles. The third-order valence-corrected chi connectivity index (χ3v) is 3.41. The SMILES string of the molecule is CCN(CC1CCC1)c1nccnc1C(N)=NO. The van der Waals surface area contributed by atoms with Crippen molar-refractivity contribution in [3.05, 3.63) is 18.1 Å². The molecule has 0 amide bonds. The third kappa shape index (κ3) is 2.52. The Labute approximate surface area is 107 Å². The second-order valence-electron chi connectivity index (χ2n) is 4.55. The van der Waals surface area contributed by atoms with Crippen molar-refractivity contribution in [2.24, 2.45) is 16.8 Å². The van der Waals surface area contributed by atoms with Crippen LogP contribution in [0.4, 0.5) is 5.82 Å². The van der Waals surface area contributed by atoms with Gasteiger partial charge in [0.25, 0.3) is 0 Å². The van der Waals surface area contributed by atoms with Crippen molar-refractivity contribution < 1.29 is 5.21 Å². The van der Waals surface area contributed by atoms with E-state index in [-0.39, 0.29) is 5.84 Å². The van der Waals surface area contributed by atoms with Crippen LogP contribution in [-0.4, -0.2) is 34.1 Å². The summed E-state index contributed by atoms with van der Waals surface area (Å²) in [4.78, 5) is 10.6. The van der Waals surface area contributed by atoms with Gasteiger partial charge >= 0.3 is 0 Å². The quantitative estimate of drug-likeness (QED) is 0.354. The van der Waals surface area contributed by atoms with Crippen LogP contribution >= 0.6 is 0 Å². The van der Waals surface area contributed by atoms with Gasteiger partial charge in [0.05, 0.1) is 0 Å². The minimum Gasteiger partial charge on any atom is -0.409 e. The highest BCUT2D eigenvalue weighted by Crippen LogP contribution is 2.28. The summed E-state index contributed by atoms with van der Waals surface area (Å²) in [6.45, 7) is 3.87. The fraction of sp³-hybridized carbons (Fsp3) is 0.583. The van der Waals surface area contributed by atoms with Gasteiger partial charge in [-0.3, -0.25) is 0 Å². The molecule has 1 aromatic rings. The van der Waals surface area contributed by atoms with E-state index in [0.717, 1.165) is 19.0 Å². The van der Waals surface area contributed by atoms with Crippen LogP contribution in [-0.2, 0) is 0 Å². The number of nitrogens with two attached hydrogens (primary N) is 1. The standard InChI is InChI=1S/C12H19N5O/c1-2-17(8-9-4-3-5-9)12-10(11(13)16-18)14-6-7-15-12/h6-7,9,18H,2-5,8H2,1H3,(H2,13,16). The van der Waals surface area contributed by atoms with Crippen molar-refractivity contribution in [2.45, 2.75) is 26.2 Å². The van der Waals surface area contributed by atoms with Crippen LogP contribution < -0.4 is 10.6 Å². The number of amidine groups is 1. The number of rotatable bonds is 5.